The fraction of sp³-hybridized carbons (Fsp3) is 0.409. The lowest BCUT2D eigenvalue weighted by Crippen LogP contribution is -2.40. The van der Waals surface area contributed by atoms with Crippen LogP contribution in [0.5, 0.6) is 0 Å². The summed E-state index contributed by atoms with van der Waals surface area (Å²) in [5.41, 5.74) is 4.37. The summed E-state index contributed by atoms with van der Waals surface area (Å²) >= 11 is -1.23. The highest BCUT2D eigenvalue weighted by Crippen LogP contribution is 2.30. The van der Waals surface area contributed by atoms with E-state index in [-0.39, 0.29) is 16.3 Å². The summed E-state index contributed by atoms with van der Waals surface area (Å²) in [7, 11) is 0. The third kappa shape index (κ3) is 3.58. The lowest BCUT2D eigenvalue weighted by atomic mass is 10.0. The highest BCUT2D eigenvalue weighted by Gasteiger charge is 2.30. The second-order valence-corrected chi connectivity index (χ2v) is 10.6. The maximum Gasteiger partial charge on any atom is 0.261 e. The first-order valence-electron chi connectivity index (χ1n) is 9.84. The average Bonchev–Trinajstić information content (AvgIpc) is 2.67. The summed E-state index contributed by atoms with van der Waals surface area (Å²) < 4.78 is 17.2. The minimum atomic E-state index is -1.23. The molecule has 3 aromatic rings. The first-order valence-corrected chi connectivity index (χ1v) is 11.0. The van der Waals surface area contributed by atoms with Gasteiger partial charge in [0.25, 0.3) is 5.56 Å². The highest BCUT2D eigenvalue weighted by molar-refractivity contribution is 7.90. The molecule has 0 saturated heterocycles. The smallest absolute Gasteiger partial charge is 0.261 e. The Morgan fingerprint density at radius 2 is 2.07 bits per heavy atom. The van der Waals surface area contributed by atoms with Crippen molar-refractivity contribution >= 4 is 22.3 Å². The third-order valence-electron chi connectivity index (χ3n) is 5.24. The normalized spacial score (nSPS) is 15.7. The fourth-order valence-corrected chi connectivity index (χ4v) is 4.51. The molecule has 0 amide bonds. The number of aryl methyl sites for hydroxylation is 2. The van der Waals surface area contributed by atoms with Crippen molar-refractivity contribution in [3.05, 3.63) is 57.6 Å². The van der Waals surface area contributed by atoms with Gasteiger partial charge in [0.15, 0.2) is 0 Å². The van der Waals surface area contributed by atoms with Crippen molar-refractivity contribution in [2.75, 3.05) is 0 Å². The molecule has 0 aliphatic carbocycles. The molecule has 7 heteroatoms. The number of nitrogens with zero attached hydrogens (tertiary/aromatic N) is 3. The van der Waals surface area contributed by atoms with Gasteiger partial charge in [-0.2, -0.15) is 0 Å². The maximum atomic E-state index is 13.3. The predicted molar refractivity (Wildman–Crippen MR) is 117 cm³/mol. The van der Waals surface area contributed by atoms with Crippen LogP contribution >= 0.6 is 0 Å². The van der Waals surface area contributed by atoms with Crippen LogP contribution in [0, 0.1) is 6.92 Å². The predicted octanol–water partition coefficient (Wildman–Crippen LogP) is 3.44. The summed E-state index contributed by atoms with van der Waals surface area (Å²) in [4.78, 5) is 22.7. The SMILES string of the molecule is Cc1cc([C@@H](C)N[S+]([O-])C(C)(C)C)c2nc3n(c(=O)c2c1)CCc1ncccc1-3. The summed E-state index contributed by atoms with van der Waals surface area (Å²) in [6, 6.07) is 7.54. The van der Waals surface area contributed by atoms with E-state index in [4.69, 9.17) is 4.98 Å². The molecule has 2 aromatic heterocycles. The molecule has 29 heavy (non-hydrogen) atoms. The van der Waals surface area contributed by atoms with Crippen LogP contribution in [0.15, 0.2) is 35.3 Å². The van der Waals surface area contributed by atoms with Gasteiger partial charge in [0, 0.05) is 41.7 Å². The van der Waals surface area contributed by atoms with Crippen LogP contribution in [0.3, 0.4) is 0 Å². The minimum absolute atomic E-state index is 0.0337. The van der Waals surface area contributed by atoms with Crippen LogP contribution < -0.4 is 10.3 Å². The van der Waals surface area contributed by atoms with Gasteiger partial charge in [-0.25, -0.2) is 4.98 Å². The first kappa shape index (κ1) is 20.1. The van der Waals surface area contributed by atoms with E-state index in [0.29, 0.717) is 23.3 Å². The van der Waals surface area contributed by atoms with Gasteiger partial charge < -0.3 is 4.55 Å². The Morgan fingerprint density at radius 3 is 2.79 bits per heavy atom. The molecule has 6 nitrogen and oxygen atoms in total. The van der Waals surface area contributed by atoms with Crippen molar-refractivity contribution < 1.29 is 4.55 Å². The molecule has 1 unspecified atom stereocenters. The molecule has 0 fully saturated rings. The largest absolute Gasteiger partial charge is 0.598 e. The third-order valence-corrected chi connectivity index (χ3v) is 6.92. The Hall–Kier alpha value is -2.22. The number of rotatable bonds is 3. The van der Waals surface area contributed by atoms with Gasteiger partial charge >= 0.3 is 0 Å². The molecular formula is C22H26N4O2S. The van der Waals surface area contributed by atoms with Gasteiger partial charge in [0.1, 0.15) is 10.6 Å². The number of benzene rings is 1. The molecule has 152 valence electrons. The molecule has 1 aromatic carbocycles. The summed E-state index contributed by atoms with van der Waals surface area (Å²) in [6.45, 7) is 10.3. The van der Waals surface area contributed by atoms with Crippen LogP contribution in [0.4, 0.5) is 0 Å². The summed E-state index contributed by atoms with van der Waals surface area (Å²) in [6.07, 6.45) is 2.49. The zero-order valence-corrected chi connectivity index (χ0v) is 18.3. The van der Waals surface area contributed by atoms with Crippen LogP contribution in [-0.4, -0.2) is 23.8 Å². The summed E-state index contributed by atoms with van der Waals surface area (Å²) in [5, 5.41) is 0.603. The van der Waals surface area contributed by atoms with E-state index in [1.807, 2.05) is 58.9 Å². The molecule has 3 heterocycles. The quantitative estimate of drug-likeness (QED) is 0.669. The summed E-state index contributed by atoms with van der Waals surface area (Å²) in [5.74, 6) is 0.658. The van der Waals surface area contributed by atoms with Crippen molar-refractivity contribution in [1.29, 1.82) is 0 Å². The molecule has 2 atom stereocenters. The van der Waals surface area contributed by atoms with Crippen molar-refractivity contribution in [2.45, 2.75) is 58.4 Å². The van der Waals surface area contributed by atoms with Crippen LogP contribution in [0.25, 0.3) is 22.3 Å². The van der Waals surface area contributed by atoms with E-state index >= 15 is 0 Å². The highest BCUT2D eigenvalue weighted by atomic mass is 32.2. The van der Waals surface area contributed by atoms with Crippen molar-refractivity contribution in [3.8, 4) is 11.4 Å². The van der Waals surface area contributed by atoms with E-state index in [2.05, 4.69) is 9.71 Å². The number of pyridine rings is 1. The lowest BCUT2D eigenvalue weighted by Gasteiger charge is -2.27. The van der Waals surface area contributed by atoms with Gasteiger partial charge in [-0.3, -0.25) is 14.3 Å². The molecule has 0 saturated carbocycles. The monoisotopic (exact) mass is 410 g/mol. The van der Waals surface area contributed by atoms with Gasteiger partial charge in [0.2, 0.25) is 0 Å². The molecule has 0 spiro atoms. The van der Waals surface area contributed by atoms with Crippen molar-refractivity contribution in [3.63, 3.8) is 0 Å². The molecule has 1 aliphatic rings. The zero-order chi connectivity index (χ0) is 20.9. The number of aromatic nitrogens is 3. The lowest BCUT2D eigenvalue weighted by molar-refractivity contribution is 0.531. The Balaban J connectivity index is 1.91. The Labute approximate surface area is 173 Å². The van der Waals surface area contributed by atoms with Crippen LogP contribution in [0.1, 0.15) is 50.6 Å². The van der Waals surface area contributed by atoms with Gasteiger partial charge in [-0.05, 0) is 58.4 Å². The maximum absolute atomic E-state index is 13.3. The number of fused-ring (bicyclic) bond motifs is 4. The van der Waals surface area contributed by atoms with E-state index in [0.717, 1.165) is 28.8 Å². The molecule has 0 radical (unpaired) electrons. The Morgan fingerprint density at radius 1 is 1.31 bits per heavy atom. The zero-order valence-electron chi connectivity index (χ0n) is 17.4. The van der Waals surface area contributed by atoms with E-state index in [9.17, 15) is 9.35 Å². The van der Waals surface area contributed by atoms with Crippen LogP contribution in [-0.2, 0) is 24.3 Å². The van der Waals surface area contributed by atoms with Gasteiger partial charge in [-0.1, -0.05) is 6.07 Å². The number of hydrogen-bond donors (Lipinski definition) is 1. The van der Waals surface area contributed by atoms with Gasteiger partial charge in [-0.15, -0.1) is 4.72 Å². The second kappa shape index (κ2) is 7.23. The van der Waals surface area contributed by atoms with Crippen LogP contribution in [0.2, 0.25) is 0 Å². The molecule has 0 bridgehead atoms. The van der Waals surface area contributed by atoms with Gasteiger partial charge in [0.05, 0.1) is 22.6 Å². The second-order valence-electron chi connectivity index (χ2n) is 8.61. The minimum Gasteiger partial charge on any atom is -0.598 e. The first-order chi connectivity index (χ1) is 13.7. The van der Waals surface area contributed by atoms with E-state index in [1.165, 1.54) is 0 Å². The van der Waals surface area contributed by atoms with E-state index < -0.39 is 11.4 Å². The fourth-order valence-electron chi connectivity index (χ4n) is 3.70. The van der Waals surface area contributed by atoms with Crippen molar-refractivity contribution in [1.82, 2.24) is 19.3 Å². The number of nitrogens with one attached hydrogen (secondary N) is 1. The average molecular weight is 411 g/mol. The molecular weight excluding hydrogens is 384 g/mol. The molecule has 4 rings (SSSR count). The Bertz CT molecular complexity index is 1150. The molecule has 1 aliphatic heterocycles. The topological polar surface area (TPSA) is 82.9 Å². The van der Waals surface area contributed by atoms with Crippen molar-refractivity contribution in [2.24, 2.45) is 0 Å². The molecule has 1 N–H and O–H groups in total. The Kier molecular flexibility index (Phi) is 5.01. The van der Waals surface area contributed by atoms with E-state index in [1.54, 1.807) is 10.8 Å². The standard InChI is InChI=1S/C22H26N4O2S/c1-13-11-16(14(2)25-29(28)22(3,4)5)19-17(12-13)21(27)26-10-8-18-15(20(26)24-19)7-6-9-23-18/h6-7,9,11-12,14,25H,8,10H2,1-5H3/t14-,29?/m1/s1. The number of hydrogen-bond acceptors (Lipinski definition) is 5.